The molecule has 10 heteroatoms. The summed E-state index contributed by atoms with van der Waals surface area (Å²) in [6.45, 7) is 6.75. The van der Waals surface area contributed by atoms with Crippen LogP contribution in [0, 0.1) is 23.7 Å². The number of likely N-dealkylation sites (N-methyl/N-ethyl adjacent to an activating group) is 1. The van der Waals surface area contributed by atoms with Crippen molar-refractivity contribution in [1.82, 2.24) is 4.90 Å². The van der Waals surface area contributed by atoms with Gasteiger partial charge < -0.3 is 34.2 Å². The third-order valence-corrected chi connectivity index (χ3v) is 10.9. The fraction of sp³-hybridized carbons (Fsp3) is 0.537. The molecular weight excluding hydrogens is 648 g/mol. The molecule has 2 N–H and O–H groups in total. The zero-order chi connectivity index (χ0) is 36.0. The molecule has 0 radical (unpaired) electrons. The van der Waals surface area contributed by atoms with Gasteiger partial charge in [0.25, 0.3) is 0 Å². The molecule has 6 rings (SSSR count). The van der Waals surface area contributed by atoms with E-state index in [1.807, 2.05) is 43.1 Å². The first kappa shape index (κ1) is 36.8. The van der Waals surface area contributed by atoms with Gasteiger partial charge in [0, 0.05) is 49.6 Å². The van der Waals surface area contributed by atoms with Crippen molar-refractivity contribution in [2.45, 2.75) is 82.5 Å². The maximum absolute atomic E-state index is 13.8. The van der Waals surface area contributed by atoms with Crippen molar-refractivity contribution in [3.63, 3.8) is 0 Å². The fourth-order valence-corrected chi connectivity index (χ4v) is 8.49. The number of benzene rings is 2. The summed E-state index contributed by atoms with van der Waals surface area (Å²) in [5.74, 6) is 0.393. The number of rotatable bonds is 18. The topological polar surface area (TPSA) is 127 Å². The van der Waals surface area contributed by atoms with E-state index in [0.29, 0.717) is 48.7 Å². The molecule has 2 aromatic rings. The fourth-order valence-electron chi connectivity index (χ4n) is 8.49. The minimum absolute atomic E-state index is 0.00624. The van der Waals surface area contributed by atoms with Crippen molar-refractivity contribution in [2.75, 3.05) is 33.5 Å². The van der Waals surface area contributed by atoms with Crippen LogP contribution in [0.3, 0.4) is 0 Å². The number of aliphatic hydroxyl groups excluding tert-OH is 2. The molecule has 1 amide bonds. The number of carbonyl (C=O) groups is 2. The number of hydrogen-bond acceptors (Lipinski definition) is 9. The highest BCUT2D eigenvalue weighted by Gasteiger charge is 2.65. The van der Waals surface area contributed by atoms with Gasteiger partial charge in [0.1, 0.15) is 36.2 Å². The van der Waals surface area contributed by atoms with Gasteiger partial charge in [0.2, 0.25) is 11.7 Å². The monoisotopic (exact) mass is 700 g/mol. The third kappa shape index (κ3) is 7.64. The Morgan fingerprint density at radius 1 is 1.08 bits per heavy atom. The molecule has 1 heterocycles. The first-order valence-electron chi connectivity index (χ1n) is 18.6. The van der Waals surface area contributed by atoms with Crippen LogP contribution in [-0.4, -0.2) is 78.3 Å². The molecule has 274 valence electrons. The Morgan fingerprint density at radius 3 is 2.55 bits per heavy atom. The number of oxime groups is 1. The second kappa shape index (κ2) is 16.6. The minimum Gasteiger partial charge on any atom is -0.459 e. The summed E-state index contributed by atoms with van der Waals surface area (Å²) in [6.07, 6.45) is 11.8. The van der Waals surface area contributed by atoms with Crippen molar-refractivity contribution in [3.8, 4) is 17.2 Å². The van der Waals surface area contributed by atoms with Gasteiger partial charge in [-0.05, 0) is 93.2 Å². The van der Waals surface area contributed by atoms with Crippen LogP contribution < -0.4 is 9.47 Å². The van der Waals surface area contributed by atoms with Crippen LogP contribution in [-0.2, 0) is 14.4 Å². The average molecular weight is 701 g/mol. The minimum atomic E-state index is -1.26. The van der Waals surface area contributed by atoms with Gasteiger partial charge in [0.15, 0.2) is 0 Å². The van der Waals surface area contributed by atoms with Crippen LogP contribution >= 0.6 is 0 Å². The molecule has 51 heavy (non-hydrogen) atoms. The number of unbranched alkanes of at least 4 members (excludes halogenated alkanes) is 2. The van der Waals surface area contributed by atoms with Crippen LogP contribution in [0.15, 0.2) is 71.9 Å². The maximum atomic E-state index is 13.8. The molecule has 2 fully saturated rings. The molecular formula is C41H52N2O8. The molecule has 2 aromatic carbocycles. The van der Waals surface area contributed by atoms with Gasteiger partial charge in [-0.2, -0.15) is 0 Å². The summed E-state index contributed by atoms with van der Waals surface area (Å²) >= 11 is 0. The van der Waals surface area contributed by atoms with Crippen LogP contribution in [0.4, 0.5) is 0 Å². The van der Waals surface area contributed by atoms with E-state index in [4.69, 9.17) is 24.2 Å². The van der Waals surface area contributed by atoms with Crippen LogP contribution in [0.25, 0.3) is 0 Å². The predicted molar refractivity (Wildman–Crippen MR) is 194 cm³/mol. The highest BCUT2D eigenvalue weighted by Crippen LogP contribution is 2.62. The summed E-state index contributed by atoms with van der Waals surface area (Å²) in [5.41, 5.74) is 3.29. The Kier molecular flexibility index (Phi) is 12.0. The normalized spacial score (nSPS) is 27.0. The number of hydrogen-bond donors (Lipinski definition) is 2. The Hall–Kier alpha value is -3.99. The lowest BCUT2D eigenvalue weighted by molar-refractivity contribution is -0.255. The number of nitrogens with zero attached hydrogens (tertiary/aromatic N) is 2. The van der Waals surface area contributed by atoms with Crippen LogP contribution in [0.5, 0.6) is 17.2 Å². The van der Waals surface area contributed by atoms with Crippen LogP contribution in [0.1, 0.15) is 86.6 Å². The molecule has 0 saturated heterocycles. The predicted octanol–water partition coefficient (Wildman–Crippen LogP) is 6.81. The molecule has 0 aromatic heterocycles. The summed E-state index contributed by atoms with van der Waals surface area (Å²) in [6, 6.07) is 12.4. The van der Waals surface area contributed by atoms with E-state index >= 15 is 0 Å². The number of carbonyl (C=O) groups excluding carboxylic acids is 2. The maximum Gasteiger partial charge on any atom is 0.239 e. The summed E-state index contributed by atoms with van der Waals surface area (Å²) in [7, 11) is 1.86. The Labute approximate surface area is 301 Å². The Morgan fingerprint density at radius 2 is 1.84 bits per heavy atom. The lowest BCUT2D eigenvalue weighted by atomic mass is 9.55. The number of allylic oxidation sites excluding steroid dienone is 1. The highest BCUT2D eigenvalue weighted by atomic mass is 16.7. The number of ether oxygens (including phenoxy) is 3. The summed E-state index contributed by atoms with van der Waals surface area (Å²) in [5, 5.41) is 24.3. The molecule has 4 aliphatic rings. The lowest BCUT2D eigenvalue weighted by Crippen LogP contribution is -2.69. The number of aldehydes is 1. The molecule has 10 nitrogen and oxygen atoms in total. The quantitative estimate of drug-likeness (QED) is 0.0752. The molecule has 3 aliphatic carbocycles. The molecule has 1 aliphatic heterocycles. The van der Waals surface area contributed by atoms with Gasteiger partial charge in [-0.1, -0.05) is 42.3 Å². The molecule has 6 atom stereocenters. The van der Waals surface area contributed by atoms with Gasteiger partial charge in [-0.25, -0.2) is 0 Å². The van der Waals surface area contributed by atoms with E-state index < -0.39 is 11.8 Å². The van der Waals surface area contributed by atoms with Crippen LogP contribution in [0.2, 0.25) is 0 Å². The third-order valence-electron chi connectivity index (χ3n) is 10.9. The highest BCUT2D eigenvalue weighted by molar-refractivity contribution is 6.03. The first-order chi connectivity index (χ1) is 24.9. The average Bonchev–Trinajstić information content (AvgIpc) is 4.00. The van der Waals surface area contributed by atoms with Crippen molar-refractivity contribution in [2.24, 2.45) is 28.8 Å². The van der Waals surface area contributed by atoms with E-state index in [1.165, 1.54) is 0 Å². The van der Waals surface area contributed by atoms with Crippen molar-refractivity contribution in [3.05, 3.63) is 77.9 Å². The van der Waals surface area contributed by atoms with E-state index in [1.54, 1.807) is 24.3 Å². The van der Waals surface area contributed by atoms with Gasteiger partial charge >= 0.3 is 0 Å². The number of fused-ring (bicyclic) bond motifs is 2. The standard InChI is InChI=1S/C41H52N2O8/c1-4-21-48-41-37(43(3)40(47)28-15-16-28)25-35(42-49-5-2)33-23-29(12-6-8-19-44)32(14-7-9-20-45)38(39(33)41)34-24-31(17-18-36(34)51-41)50-30-13-10-11-27(22-30)26-46/h4,10-11,13,17-18,22-24,26,28-29,32,37-39,44-45H,1,5-9,12,14-16,19-21,25H2,2-3H3/t29-,32+,37-,38+,39+,41+/m0/s1. The zero-order valence-electron chi connectivity index (χ0n) is 29.9. The van der Waals surface area contributed by atoms with Crippen molar-refractivity contribution < 1.29 is 38.9 Å². The second-order valence-corrected chi connectivity index (χ2v) is 14.2. The molecule has 2 saturated carbocycles. The van der Waals surface area contributed by atoms with Gasteiger partial charge in [-0.15, -0.1) is 6.58 Å². The molecule has 0 spiro atoms. The number of aliphatic hydroxyl groups is 2. The van der Waals surface area contributed by atoms with E-state index in [9.17, 15) is 19.8 Å². The molecule has 0 bridgehead atoms. The van der Waals surface area contributed by atoms with Gasteiger partial charge in [-0.3, -0.25) is 9.59 Å². The lowest BCUT2D eigenvalue weighted by Gasteiger charge is -2.59. The first-order valence-corrected chi connectivity index (χ1v) is 18.6. The smallest absolute Gasteiger partial charge is 0.239 e. The summed E-state index contributed by atoms with van der Waals surface area (Å²) in [4.78, 5) is 32.9. The van der Waals surface area contributed by atoms with Crippen molar-refractivity contribution >= 4 is 17.9 Å². The van der Waals surface area contributed by atoms with E-state index in [2.05, 4.69) is 12.7 Å². The van der Waals surface area contributed by atoms with Crippen molar-refractivity contribution in [1.29, 1.82) is 0 Å². The van der Waals surface area contributed by atoms with Gasteiger partial charge in [0.05, 0.1) is 18.2 Å². The zero-order valence-corrected chi connectivity index (χ0v) is 29.9. The Bertz CT molecular complexity index is 1620. The van der Waals surface area contributed by atoms with E-state index in [-0.39, 0.29) is 55.3 Å². The second-order valence-electron chi connectivity index (χ2n) is 14.2. The van der Waals surface area contributed by atoms with E-state index in [0.717, 1.165) is 61.7 Å². The number of amides is 1. The Balaban J connectivity index is 1.55. The SMILES string of the molecule is C=CCO[C@@]12Oc3ccc(Oc4cccc(C=O)c4)cc3[C@H]3[C@H](CCCCO)[C@@H](CCCCO)C=C(C(=NOCC)C[C@@H]1N(C)C(=O)C1CC1)[C@H]32. The largest absolute Gasteiger partial charge is 0.459 e. The molecule has 0 unspecified atom stereocenters. The summed E-state index contributed by atoms with van der Waals surface area (Å²) < 4.78 is 20.4.